The summed E-state index contributed by atoms with van der Waals surface area (Å²) in [5.41, 5.74) is 2.60. The van der Waals surface area contributed by atoms with Gasteiger partial charge in [-0.1, -0.05) is 17.3 Å². The molecule has 0 radical (unpaired) electrons. The van der Waals surface area contributed by atoms with Crippen LogP contribution in [0.1, 0.15) is 5.89 Å². The number of benzene rings is 2. The lowest BCUT2D eigenvalue weighted by Crippen LogP contribution is -1.91. The van der Waals surface area contributed by atoms with Crippen LogP contribution in [-0.2, 0) is 0 Å². The minimum atomic E-state index is -0.280. The first kappa shape index (κ1) is 17.4. The highest BCUT2D eigenvalue weighted by Gasteiger charge is 2.15. The van der Waals surface area contributed by atoms with Gasteiger partial charge < -0.3 is 9.26 Å². The molecule has 0 aliphatic rings. The second-order valence-corrected chi connectivity index (χ2v) is 7.14. The molecule has 0 saturated carbocycles. The summed E-state index contributed by atoms with van der Waals surface area (Å²) in [6.45, 7) is 1.74. The molecule has 0 spiro atoms. The van der Waals surface area contributed by atoms with Gasteiger partial charge in [0.15, 0.2) is 0 Å². The maximum Gasteiger partial charge on any atom is 0.231 e. The number of nitrogens with zero attached hydrogens (tertiary/aromatic N) is 4. The predicted octanol–water partition coefficient (Wildman–Crippen LogP) is 5.65. The summed E-state index contributed by atoms with van der Waals surface area (Å²) in [5.74, 6) is 1.81. The molecule has 0 bridgehead atoms. The molecule has 0 atom stereocenters. The van der Waals surface area contributed by atoms with Crippen molar-refractivity contribution in [2.45, 2.75) is 6.92 Å². The van der Waals surface area contributed by atoms with Gasteiger partial charge in [0, 0.05) is 23.4 Å². The Kier molecular flexibility index (Phi) is 4.25. The van der Waals surface area contributed by atoms with Crippen molar-refractivity contribution in [1.29, 1.82) is 0 Å². The molecule has 0 amide bonds. The molecule has 6 nitrogen and oxygen atoms in total. The van der Waals surface area contributed by atoms with Crippen molar-refractivity contribution >= 4 is 21.6 Å². The van der Waals surface area contributed by atoms with E-state index in [-0.39, 0.29) is 5.82 Å². The highest BCUT2D eigenvalue weighted by atomic mass is 32.1. The molecule has 0 aliphatic heterocycles. The van der Waals surface area contributed by atoms with E-state index in [2.05, 4.69) is 20.1 Å². The van der Waals surface area contributed by atoms with E-state index in [1.807, 2.05) is 29.6 Å². The van der Waals surface area contributed by atoms with Crippen LogP contribution in [0.5, 0.6) is 11.6 Å². The Bertz CT molecular complexity index is 1300. The van der Waals surface area contributed by atoms with Crippen molar-refractivity contribution in [3.63, 3.8) is 0 Å². The minimum absolute atomic E-state index is 0.280. The van der Waals surface area contributed by atoms with E-state index in [0.717, 1.165) is 26.9 Å². The molecule has 0 N–H and O–H groups in total. The Morgan fingerprint density at radius 3 is 2.45 bits per heavy atom. The van der Waals surface area contributed by atoms with Gasteiger partial charge in [-0.25, -0.2) is 14.4 Å². The molecule has 5 aromatic rings. The van der Waals surface area contributed by atoms with Crippen molar-refractivity contribution < 1.29 is 13.7 Å². The average Bonchev–Trinajstić information content (AvgIpc) is 3.36. The highest BCUT2D eigenvalue weighted by Crippen LogP contribution is 2.39. The van der Waals surface area contributed by atoms with Crippen LogP contribution in [0.15, 0.2) is 64.8 Å². The smallest absolute Gasteiger partial charge is 0.231 e. The fraction of sp³-hybridized carbons (Fsp3) is 0.0476. The summed E-state index contributed by atoms with van der Waals surface area (Å²) in [6.07, 6.45) is 1.47. The summed E-state index contributed by atoms with van der Waals surface area (Å²) < 4.78 is 24.4. The molecular formula is C21H13FN4O2S. The van der Waals surface area contributed by atoms with Gasteiger partial charge in [-0.2, -0.15) is 4.98 Å². The van der Waals surface area contributed by atoms with Gasteiger partial charge in [0.05, 0.1) is 5.39 Å². The van der Waals surface area contributed by atoms with Crippen LogP contribution in [0.3, 0.4) is 0 Å². The predicted molar refractivity (Wildman–Crippen MR) is 107 cm³/mol. The molecule has 29 heavy (non-hydrogen) atoms. The van der Waals surface area contributed by atoms with Gasteiger partial charge in [-0.15, -0.1) is 11.3 Å². The Balaban J connectivity index is 1.50. The van der Waals surface area contributed by atoms with Gasteiger partial charge in [-0.3, -0.25) is 0 Å². The number of aryl methyl sites for hydroxylation is 1. The first-order chi connectivity index (χ1) is 14.2. The molecule has 2 aromatic carbocycles. The Morgan fingerprint density at radius 1 is 0.966 bits per heavy atom. The molecule has 0 fully saturated rings. The van der Waals surface area contributed by atoms with E-state index < -0.39 is 0 Å². The molecule has 0 saturated heterocycles. The van der Waals surface area contributed by atoms with Gasteiger partial charge >= 0.3 is 0 Å². The molecule has 142 valence electrons. The van der Waals surface area contributed by atoms with Crippen LogP contribution in [0.2, 0.25) is 0 Å². The van der Waals surface area contributed by atoms with Gasteiger partial charge in [-0.05, 0) is 42.0 Å². The Morgan fingerprint density at radius 2 is 1.72 bits per heavy atom. The summed E-state index contributed by atoms with van der Waals surface area (Å²) >= 11 is 1.49. The highest BCUT2D eigenvalue weighted by molar-refractivity contribution is 7.17. The van der Waals surface area contributed by atoms with Gasteiger partial charge in [0.2, 0.25) is 17.6 Å². The van der Waals surface area contributed by atoms with Crippen molar-refractivity contribution in [2.24, 2.45) is 0 Å². The van der Waals surface area contributed by atoms with Crippen molar-refractivity contribution in [2.75, 3.05) is 0 Å². The van der Waals surface area contributed by atoms with E-state index in [4.69, 9.17) is 9.26 Å². The first-order valence-electron chi connectivity index (χ1n) is 8.74. The number of thiophene rings is 1. The zero-order valence-electron chi connectivity index (χ0n) is 15.2. The van der Waals surface area contributed by atoms with Crippen LogP contribution in [0.4, 0.5) is 4.39 Å². The third-order valence-electron chi connectivity index (χ3n) is 4.35. The minimum Gasteiger partial charge on any atom is -0.438 e. The fourth-order valence-corrected chi connectivity index (χ4v) is 3.87. The zero-order chi connectivity index (χ0) is 19.8. The molecule has 0 unspecified atom stereocenters. The monoisotopic (exact) mass is 404 g/mol. The van der Waals surface area contributed by atoms with E-state index in [9.17, 15) is 4.39 Å². The first-order valence-corrected chi connectivity index (χ1v) is 9.62. The SMILES string of the molecule is Cc1nc(-c2ccc(Oc3ncnc4scc(-c5ccc(F)cc5)c34)cc2)no1. The number of halogens is 1. The van der Waals surface area contributed by atoms with E-state index in [1.54, 1.807) is 19.1 Å². The standard InChI is InChI=1S/C21H13FN4O2S/c1-12-25-19(26-28-12)14-4-8-16(9-5-14)27-20-18-17(10-29-21(18)24-11-23-20)13-2-6-15(22)7-3-13/h2-11H,1H3. The molecule has 5 rings (SSSR count). The van der Waals surface area contributed by atoms with Gasteiger partial charge in [0.25, 0.3) is 0 Å². The topological polar surface area (TPSA) is 73.9 Å². The molecule has 8 heteroatoms. The quantitative estimate of drug-likeness (QED) is 0.385. The van der Waals surface area contributed by atoms with Crippen molar-refractivity contribution in [1.82, 2.24) is 20.1 Å². The Hall–Kier alpha value is -3.65. The number of hydrogen-bond donors (Lipinski definition) is 0. The third kappa shape index (κ3) is 3.34. The normalized spacial score (nSPS) is 11.1. The van der Waals surface area contributed by atoms with Gasteiger partial charge in [0.1, 0.15) is 22.7 Å². The lowest BCUT2D eigenvalue weighted by Gasteiger charge is -2.08. The van der Waals surface area contributed by atoms with Crippen LogP contribution in [0, 0.1) is 12.7 Å². The largest absolute Gasteiger partial charge is 0.438 e. The van der Waals surface area contributed by atoms with E-state index >= 15 is 0 Å². The second-order valence-electron chi connectivity index (χ2n) is 6.28. The number of rotatable bonds is 4. The number of hydrogen-bond acceptors (Lipinski definition) is 7. The molecular weight excluding hydrogens is 391 g/mol. The van der Waals surface area contributed by atoms with Crippen LogP contribution < -0.4 is 4.74 Å². The molecule has 0 aliphatic carbocycles. The Labute approximate surface area is 168 Å². The van der Waals surface area contributed by atoms with Crippen LogP contribution in [-0.4, -0.2) is 20.1 Å². The lowest BCUT2D eigenvalue weighted by atomic mass is 10.1. The maximum absolute atomic E-state index is 13.3. The summed E-state index contributed by atoms with van der Waals surface area (Å²) in [5, 5.41) is 6.68. The van der Waals surface area contributed by atoms with E-state index in [1.165, 1.54) is 29.8 Å². The van der Waals surface area contributed by atoms with Crippen molar-refractivity contribution in [3.05, 3.63) is 71.9 Å². The lowest BCUT2D eigenvalue weighted by molar-refractivity contribution is 0.394. The fourth-order valence-electron chi connectivity index (χ4n) is 2.97. The van der Waals surface area contributed by atoms with Crippen LogP contribution >= 0.6 is 11.3 Å². The molecule has 3 aromatic heterocycles. The summed E-state index contributed by atoms with van der Waals surface area (Å²) in [4.78, 5) is 13.7. The second kappa shape index (κ2) is 7.06. The summed E-state index contributed by atoms with van der Waals surface area (Å²) in [7, 11) is 0. The average molecular weight is 404 g/mol. The third-order valence-corrected chi connectivity index (χ3v) is 5.23. The van der Waals surface area contributed by atoms with E-state index in [0.29, 0.717) is 23.3 Å². The number of ether oxygens (including phenoxy) is 1. The molecule has 3 heterocycles. The maximum atomic E-state index is 13.3. The summed E-state index contributed by atoms with van der Waals surface area (Å²) in [6, 6.07) is 13.7. The number of aromatic nitrogens is 4. The van der Waals surface area contributed by atoms with Crippen molar-refractivity contribution in [3.8, 4) is 34.1 Å². The zero-order valence-corrected chi connectivity index (χ0v) is 16.0. The van der Waals surface area contributed by atoms with Crippen LogP contribution in [0.25, 0.3) is 32.7 Å². The number of fused-ring (bicyclic) bond motifs is 1.